The highest BCUT2D eigenvalue weighted by atomic mass is 35.5. The van der Waals surface area contributed by atoms with Gasteiger partial charge in [0.15, 0.2) is 5.12 Å². The number of hydrogen-bond acceptors (Lipinski definition) is 2. The fraction of sp³-hybridized carbons (Fsp3) is 0.125. The molecule has 0 heterocycles. The van der Waals surface area contributed by atoms with E-state index in [9.17, 15) is 4.79 Å². The molecule has 0 saturated heterocycles. The first-order valence-corrected chi connectivity index (χ1v) is 6.26. The van der Waals surface area contributed by atoms with Crippen molar-refractivity contribution in [1.29, 1.82) is 0 Å². The van der Waals surface area contributed by atoms with Gasteiger partial charge >= 0.3 is 0 Å². The van der Waals surface area contributed by atoms with Gasteiger partial charge in [-0.25, -0.2) is 0 Å². The largest absolute Gasteiger partial charge is 0.287 e. The number of benzene rings is 1. The van der Waals surface area contributed by atoms with Gasteiger partial charge in [0.05, 0.1) is 30.0 Å². The molecular weight excluding hydrogens is 321 g/mol. The Balaban J connectivity index is 3.45. The Labute approximate surface area is 116 Å². The molecule has 1 rings (SSSR count). The lowest BCUT2D eigenvalue weighted by atomic mass is 10.3. The van der Waals surface area contributed by atoms with Crippen LogP contribution in [0.1, 0.15) is 6.92 Å². The summed E-state index contributed by atoms with van der Waals surface area (Å²) in [6, 6.07) is 0. The smallest absolute Gasteiger partial charge is 0.190 e. The van der Waals surface area contributed by atoms with Crippen molar-refractivity contribution in [3.8, 4) is 0 Å². The van der Waals surface area contributed by atoms with Crippen LogP contribution in [0, 0.1) is 0 Å². The summed E-state index contributed by atoms with van der Waals surface area (Å²) in [6.45, 7) is 1.38. The van der Waals surface area contributed by atoms with E-state index in [0.717, 1.165) is 11.8 Å². The second-order valence-corrected chi connectivity index (χ2v) is 5.57. The molecule has 0 atom stereocenters. The third kappa shape index (κ3) is 2.87. The summed E-state index contributed by atoms with van der Waals surface area (Å²) < 4.78 is 0. The first kappa shape index (κ1) is 13.8. The van der Waals surface area contributed by atoms with E-state index in [1.54, 1.807) is 0 Å². The van der Waals surface area contributed by atoms with Gasteiger partial charge in [-0.1, -0.05) is 58.0 Å². The van der Waals surface area contributed by atoms with E-state index < -0.39 is 0 Å². The van der Waals surface area contributed by atoms with E-state index in [0.29, 0.717) is 4.90 Å². The molecule has 0 fully saturated rings. The third-order valence-electron chi connectivity index (χ3n) is 1.42. The first-order valence-electron chi connectivity index (χ1n) is 3.56. The molecule has 82 valence electrons. The second-order valence-electron chi connectivity index (χ2n) is 2.49. The van der Waals surface area contributed by atoms with Crippen molar-refractivity contribution in [3.63, 3.8) is 0 Å². The molecule has 1 nitrogen and oxygen atoms in total. The monoisotopic (exact) mass is 322 g/mol. The topological polar surface area (TPSA) is 17.1 Å². The minimum atomic E-state index is -0.173. The predicted molar refractivity (Wildman–Crippen MR) is 68.0 cm³/mol. The van der Waals surface area contributed by atoms with Crippen molar-refractivity contribution >= 4 is 74.9 Å². The molecule has 1 aromatic rings. The fourth-order valence-electron chi connectivity index (χ4n) is 0.818. The average Bonchev–Trinajstić information content (AvgIpc) is 2.18. The van der Waals surface area contributed by atoms with E-state index in [2.05, 4.69) is 0 Å². The molecule has 0 unspecified atom stereocenters. The molecule has 0 saturated carbocycles. The summed E-state index contributed by atoms with van der Waals surface area (Å²) in [5.74, 6) is 0. The van der Waals surface area contributed by atoms with Crippen molar-refractivity contribution < 1.29 is 4.79 Å². The molecule has 0 amide bonds. The first-order chi connectivity index (χ1) is 6.86. The van der Waals surface area contributed by atoms with Crippen LogP contribution in [0.25, 0.3) is 0 Å². The van der Waals surface area contributed by atoms with Crippen LogP contribution in [0.15, 0.2) is 4.90 Å². The summed E-state index contributed by atoms with van der Waals surface area (Å²) in [5.41, 5.74) is 0. The van der Waals surface area contributed by atoms with Crippen molar-refractivity contribution in [2.75, 3.05) is 0 Å². The lowest BCUT2D eigenvalue weighted by Gasteiger charge is -2.10. The number of halogens is 5. The molecule has 0 aliphatic rings. The molecule has 0 aromatic heterocycles. The van der Waals surface area contributed by atoms with Crippen LogP contribution in [0.3, 0.4) is 0 Å². The maximum atomic E-state index is 11.0. The Kier molecular flexibility index (Phi) is 4.90. The molecule has 15 heavy (non-hydrogen) atoms. The van der Waals surface area contributed by atoms with Crippen LogP contribution in [0.5, 0.6) is 0 Å². The number of carbonyl (C=O) groups is 1. The van der Waals surface area contributed by atoms with Gasteiger partial charge in [0.1, 0.15) is 0 Å². The number of rotatable bonds is 1. The van der Waals surface area contributed by atoms with Gasteiger partial charge in [-0.3, -0.25) is 4.79 Å². The zero-order valence-electron chi connectivity index (χ0n) is 7.21. The van der Waals surface area contributed by atoms with Crippen LogP contribution in [0.4, 0.5) is 0 Å². The molecular formula is C8H3Cl5OS. The van der Waals surface area contributed by atoms with Gasteiger partial charge in [0.2, 0.25) is 0 Å². The molecule has 7 heteroatoms. The SMILES string of the molecule is CC(=O)Sc1c(Cl)c(Cl)c(Cl)c(Cl)c1Cl. The van der Waals surface area contributed by atoms with Gasteiger partial charge in [-0.15, -0.1) is 0 Å². The minimum absolute atomic E-state index is 0.0845. The summed E-state index contributed by atoms with van der Waals surface area (Å²) in [5, 5.41) is 0.370. The van der Waals surface area contributed by atoms with Crippen molar-refractivity contribution in [1.82, 2.24) is 0 Å². The van der Waals surface area contributed by atoms with Crippen LogP contribution < -0.4 is 0 Å². The third-order valence-corrected chi connectivity index (χ3v) is 4.82. The van der Waals surface area contributed by atoms with E-state index in [-0.39, 0.29) is 30.2 Å². The Hall–Kier alpha value is 0.690. The second kappa shape index (κ2) is 5.35. The molecule has 0 N–H and O–H groups in total. The summed E-state index contributed by atoms with van der Waals surface area (Å²) >= 11 is 30.0. The highest BCUT2D eigenvalue weighted by Gasteiger charge is 2.20. The average molecular weight is 324 g/mol. The van der Waals surface area contributed by atoms with E-state index in [1.807, 2.05) is 0 Å². The van der Waals surface area contributed by atoms with Gasteiger partial charge in [0, 0.05) is 6.92 Å². The lowest BCUT2D eigenvalue weighted by molar-refractivity contribution is -0.109. The highest BCUT2D eigenvalue weighted by Crippen LogP contribution is 2.47. The van der Waals surface area contributed by atoms with E-state index in [4.69, 9.17) is 58.0 Å². The van der Waals surface area contributed by atoms with Gasteiger partial charge < -0.3 is 0 Å². The molecule has 0 aliphatic carbocycles. The fourth-order valence-corrected chi connectivity index (χ4v) is 2.97. The van der Waals surface area contributed by atoms with E-state index >= 15 is 0 Å². The minimum Gasteiger partial charge on any atom is -0.287 e. The predicted octanol–water partition coefficient (Wildman–Crippen LogP) is 5.59. The molecule has 0 spiro atoms. The number of hydrogen-bond donors (Lipinski definition) is 0. The zero-order valence-corrected chi connectivity index (χ0v) is 11.8. The zero-order chi connectivity index (χ0) is 11.7. The molecule has 0 aliphatic heterocycles. The van der Waals surface area contributed by atoms with Crippen LogP contribution in [0.2, 0.25) is 25.1 Å². The van der Waals surface area contributed by atoms with E-state index in [1.165, 1.54) is 6.92 Å². The molecule has 0 radical (unpaired) electrons. The number of thioether (sulfide) groups is 1. The van der Waals surface area contributed by atoms with Crippen molar-refractivity contribution in [3.05, 3.63) is 25.1 Å². The summed E-state index contributed by atoms with van der Waals surface area (Å²) in [4.78, 5) is 11.3. The Morgan fingerprint density at radius 1 is 0.867 bits per heavy atom. The number of carbonyl (C=O) groups excluding carboxylic acids is 1. The molecule has 1 aromatic carbocycles. The van der Waals surface area contributed by atoms with Crippen molar-refractivity contribution in [2.24, 2.45) is 0 Å². The van der Waals surface area contributed by atoms with Crippen molar-refractivity contribution in [2.45, 2.75) is 11.8 Å². The maximum absolute atomic E-state index is 11.0. The summed E-state index contributed by atoms with van der Waals surface area (Å²) in [7, 11) is 0. The quantitative estimate of drug-likeness (QED) is 0.380. The Morgan fingerprint density at radius 2 is 1.20 bits per heavy atom. The van der Waals surface area contributed by atoms with Gasteiger partial charge in [0.25, 0.3) is 0 Å². The standard InChI is InChI=1S/C8H3Cl5OS/c1-2(14)15-8-6(12)4(10)3(9)5(11)7(8)13/h1H3. The summed E-state index contributed by atoms with van der Waals surface area (Å²) in [6.07, 6.45) is 0. The van der Waals surface area contributed by atoms with Gasteiger partial charge in [-0.05, 0) is 11.8 Å². The van der Waals surface area contributed by atoms with Crippen LogP contribution in [-0.4, -0.2) is 5.12 Å². The normalized spacial score (nSPS) is 10.5. The maximum Gasteiger partial charge on any atom is 0.190 e. The van der Waals surface area contributed by atoms with Crippen LogP contribution >= 0.6 is 69.8 Å². The van der Waals surface area contributed by atoms with Gasteiger partial charge in [-0.2, -0.15) is 0 Å². The molecule has 0 bridgehead atoms. The highest BCUT2D eigenvalue weighted by molar-refractivity contribution is 8.13. The Morgan fingerprint density at radius 3 is 1.53 bits per heavy atom. The Bertz CT molecular complexity index is 403. The lowest BCUT2D eigenvalue weighted by Crippen LogP contribution is -1.87. The van der Waals surface area contributed by atoms with Crippen LogP contribution in [-0.2, 0) is 4.79 Å².